The van der Waals surface area contributed by atoms with Gasteiger partial charge in [-0.2, -0.15) is 0 Å². The molecule has 0 aliphatic heterocycles. The van der Waals surface area contributed by atoms with Crippen molar-refractivity contribution in [1.82, 2.24) is 0 Å². The van der Waals surface area contributed by atoms with Crippen LogP contribution < -0.4 is 0 Å². The highest BCUT2D eigenvalue weighted by Gasteiger charge is 2.42. The fourth-order valence-corrected chi connectivity index (χ4v) is 8.40. The van der Waals surface area contributed by atoms with Crippen LogP contribution >= 0.6 is 0 Å². The molecule has 0 bridgehead atoms. The lowest BCUT2D eigenvalue weighted by atomic mass is 9.99. The minimum atomic E-state index is -1.69. The molecule has 0 saturated carbocycles. The van der Waals surface area contributed by atoms with Crippen molar-refractivity contribution in [1.29, 1.82) is 0 Å². The summed E-state index contributed by atoms with van der Waals surface area (Å²) in [5.41, 5.74) is 4.72. The summed E-state index contributed by atoms with van der Waals surface area (Å²) < 4.78 is 0. The summed E-state index contributed by atoms with van der Waals surface area (Å²) in [5.74, 6) is 3.25. The first-order valence-corrected chi connectivity index (χ1v) is 9.66. The molecule has 0 aliphatic rings. The summed E-state index contributed by atoms with van der Waals surface area (Å²) in [6, 6.07) is 0. The van der Waals surface area contributed by atoms with Crippen LogP contribution in [0.3, 0.4) is 0 Å². The van der Waals surface area contributed by atoms with Crippen molar-refractivity contribution in [2.75, 3.05) is 0 Å². The molecule has 0 spiro atoms. The van der Waals surface area contributed by atoms with Crippen LogP contribution in [0.15, 0.2) is 0 Å². The van der Waals surface area contributed by atoms with Gasteiger partial charge in [-0.25, -0.2) is 0 Å². The van der Waals surface area contributed by atoms with E-state index in [9.17, 15) is 5.11 Å². The van der Waals surface area contributed by atoms with Crippen molar-refractivity contribution in [2.45, 2.75) is 90.5 Å². The molecule has 1 nitrogen and oxygen atoms in total. The van der Waals surface area contributed by atoms with Crippen LogP contribution in [0.1, 0.15) is 68.2 Å². The van der Waals surface area contributed by atoms with E-state index in [-0.39, 0.29) is 0 Å². The van der Waals surface area contributed by atoms with Crippen molar-refractivity contribution in [3.63, 3.8) is 0 Å². The molecule has 0 fully saturated rings. The highest BCUT2D eigenvalue weighted by molar-refractivity contribution is 6.90. The number of hydrogen-bond donors (Lipinski definition) is 1. The maximum atomic E-state index is 10.4. The van der Waals surface area contributed by atoms with E-state index in [1.807, 2.05) is 13.8 Å². The molecule has 2 heteroatoms. The van der Waals surface area contributed by atoms with E-state index in [0.29, 0.717) is 16.6 Å². The third-order valence-electron chi connectivity index (χ3n) is 4.55. The average Bonchev–Trinajstić information content (AvgIpc) is 2.28. The Kier molecular flexibility index (Phi) is 6.67. The molecule has 0 aromatic carbocycles. The largest absolute Gasteiger partial charge is 0.378 e. The van der Waals surface area contributed by atoms with E-state index in [4.69, 9.17) is 0 Å². The van der Waals surface area contributed by atoms with E-state index in [1.54, 1.807) is 0 Å². The zero-order valence-electron chi connectivity index (χ0n) is 13.6. The fourth-order valence-electron chi connectivity index (χ4n) is 3.08. The smallest absolute Gasteiger partial charge is 0.146 e. The van der Waals surface area contributed by atoms with Crippen LogP contribution in [-0.4, -0.2) is 18.8 Å². The molecule has 0 radical (unpaired) electrons. The van der Waals surface area contributed by atoms with Crippen LogP contribution in [-0.2, 0) is 0 Å². The normalized spacial score (nSPS) is 13.1. The molecule has 0 heterocycles. The summed E-state index contributed by atoms with van der Waals surface area (Å²) in [6.45, 7) is 17.9. The van der Waals surface area contributed by atoms with Gasteiger partial charge in [0.05, 0.1) is 0 Å². The summed E-state index contributed by atoms with van der Waals surface area (Å²) in [4.78, 5) is 0. The maximum absolute atomic E-state index is 10.4. The zero-order chi connectivity index (χ0) is 14.6. The molecule has 0 unspecified atom stereocenters. The molecule has 0 saturated heterocycles. The van der Waals surface area contributed by atoms with Crippen LogP contribution in [0.2, 0.25) is 16.6 Å². The molecule has 0 aliphatic carbocycles. The van der Waals surface area contributed by atoms with Gasteiger partial charge in [-0.05, 0) is 29.5 Å². The molecule has 0 amide bonds. The Morgan fingerprint density at radius 2 is 1.22 bits per heavy atom. The number of rotatable bonds is 5. The van der Waals surface area contributed by atoms with Gasteiger partial charge in [-0.1, -0.05) is 61.3 Å². The topological polar surface area (TPSA) is 20.2 Å². The predicted molar refractivity (Wildman–Crippen MR) is 84.4 cm³/mol. The second-order valence-electron chi connectivity index (χ2n) is 6.39. The molecule has 0 rings (SSSR count). The first-order chi connectivity index (χ1) is 8.16. The van der Waals surface area contributed by atoms with Crippen LogP contribution in [0.4, 0.5) is 0 Å². The minimum absolute atomic E-state index is 0.628. The van der Waals surface area contributed by atoms with Crippen molar-refractivity contribution in [2.24, 2.45) is 0 Å². The Morgan fingerprint density at radius 1 is 0.889 bits per heavy atom. The predicted octanol–water partition coefficient (Wildman–Crippen LogP) is 4.76. The standard InChI is InChI=1S/C16H32OSi/c1-9-16(17,10-2)11-12-18(13(3)4,14(5)6)15(7)8/h13-15,17H,9-10H2,1-8H3. The molecular weight excluding hydrogens is 236 g/mol. The van der Waals surface area contributed by atoms with Crippen LogP contribution in [0, 0.1) is 11.5 Å². The Hall–Kier alpha value is -0.263. The second kappa shape index (κ2) is 6.77. The number of aliphatic hydroxyl groups is 1. The lowest BCUT2D eigenvalue weighted by molar-refractivity contribution is 0.0932. The summed E-state index contributed by atoms with van der Waals surface area (Å²) in [6.07, 6.45) is 1.44. The lowest BCUT2D eigenvalue weighted by Gasteiger charge is -2.38. The first kappa shape index (κ1) is 17.7. The van der Waals surface area contributed by atoms with E-state index in [0.717, 1.165) is 12.8 Å². The second-order valence-corrected chi connectivity index (χ2v) is 12.0. The van der Waals surface area contributed by atoms with E-state index < -0.39 is 13.7 Å². The van der Waals surface area contributed by atoms with Crippen molar-refractivity contribution in [3.05, 3.63) is 0 Å². The van der Waals surface area contributed by atoms with Crippen molar-refractivity contribution >= 4 is 8.07 Å². The monoisotopic (exact) mass is 268 g/mol. The van der Waals surface area contributed by atoms with Gasteiger partial charge in [0, 0.05) is 0 Å². The first-order valence-electron chi connectivity index (χ1n) is 7.43. The molecule has 0 aromatic rings. The fraction of sp³-hybridized carbons (Fsp3) is 0.875. The van der Waals surface area contributed by atoms with Crippen LogP contribution in [0.5, 0.6) is 0 Å². The van der Waals surface area contributed by atoms with Gasteiger partial charge in [0.1, 0.15) is 13.7 Å². The molecule has 1 N–H and O–H groups in total. The van der Waals surface area contributed by atoms with Crippen LogP contribution in [0.25, 0.3) is 0 Å². The summed E-state index contributed by atoms with van der Waals surface area (Å²) >= 11 is 0. The number of hydrogen-bond acceptors (Lipinski definition) is 1. The van der Waals surface area contributed by atoms with Gasteiger partial charge in [-0.3, -0.25) is 0 Å². The molecule has 18 heavy (non-hydrogen) atoms. The summed E-state index contributed by atoms with van der Waals surface area (Å²) in [5, 5.41) is 10.4. The summed E-state index contributed by atoms with van der Waals surface area (Å²) in [7, 11) is -1.69. The average molecular weight is 269 g/mol. The maximum Gasteiger partial charge on any atom is 0.146 e. The van der Waals surface area contributed by atoms with E-state index in [1.165, 1.54) is 0 Å². The molecule has 106 valence electrons. The molecule has 0 aromatic heterocycles. The highest BCUT2D eigenvalue weighted by atomic mass is 28.3. The molecule has 0 atom stereocenters. The van der Waals surface area contributed by atoms with E-state index in [2.05, 4.69) is 53.0 Å². The lowest BCUT2D eigenvalue weighted by Crippen LogP contribution is -2.44. The quantitative estimate of drug-likeness (QED) is 0.563. The Labute approximate surface area is 115 Å². The van der Waals surface area contributed by atoms with Gasteiger partial charge >= 0.3 is 0 Å². The van der Waals surface area contributed by atoms with Gasteiger partial charge in [0.15, 0.2) is 0 Å². The third kappa shape index (κ3) is 3.62. The van der Waals surface area contributed by atoms with Gasteiger partial charge in [0.25, 0.3) is 0 Å². The third-order valence-corrected chi connectivity index (χ3v) is 10.8. The highest BCUT2D eigenvalue weighted by Crippen LogP contribution is 2.40. The Morgan fingerprint density at radius 3 is 1.44 bits per heavy atom. The van der Waals surface area contributed by atoms with E-state index >= 15 is 0 Å². The molecular formula is C16H32OSi. The minimum Gasteiger partial charge on any atom is -0.378 e. The van der Waals surface area contributed by atoms with Crippen molar-refractivity contribution < 1.29 is 5.11 Å². The van der Waals surface area contributed by atoms with Gasteiger partial charge in [0.2, 0.25) is 0 Å². The van der Waals surface area contributed by atoms with Gasteiger partial charge in [-0.15, -0.1) is 5.54 Å². The Balaban J connectivity index is 5.58. The van der Waals surface area contributed by atoms with Crippen molar-refractivity contribution in [3.8, 4) is 11.5 Å². The zero-order valence-corrected chi connectivity index (χ0v) is 14.6. The SMILES string of the molecule is CCC(O)(C#C[Si](C(C)C)(C(C)C)C(C)C)CC. The Bertz CT molecular complexity index is 281. The van der Waals surface area contributed by atoms with Gasteiger partial charge < -0.3 is 5.11 Å².